The predicted octanol–water partition coefficient (Wildman–Crippen LogP) is 1.11. The number of pyridine rings is 1. The maximum absolute atomic E-state index is 11.8. The zero-order chi connectivity index (χ0) is 12.1. The Bertz CT molecular complexity index is 504. The van der Waals surface area contributed by atoms with Gasteiger partial charge in [-0.15, -0.1) is 0 Å². The fourth-order valence-corrected chi connectivity index (χ4v) is 1.50. The molecule has 0 N–H and O–H groups in total. The fourth-order valence-electron chi connectivity index (χ4n) is 1.50. The first-order chi connectivity index (χ1) is 8.29. The lowest BCUT2D eigenvalue weighted by Crippen LogP contribution is -2.33. The van der Waals surface area contributed by atoms with Crippen LogP contribution in [-0.2, 0) is 6.42 Å². The van der Waals surface area contributed by atoms with Gasteiger partial charge in [-0.1, -0.05) is 41.9 Å². The molecule has 3 nitrogen and oxygen atoms in total. The van der Waals surface area contributed by atoms with Crippen molar-refractivity contribution in [3.05, 3.63) is 66.0 Å². The molecule has 1 aromatic carbocycles. The van der Waals surface area contributed by atoms with Gasteiger partial charge in [0.25, 0.3) is 0 Å². The maximum Gasteiger partial charge on any atom is 0.202 e. The van der Waals surface area contributed by atoms with Crippen LogP contribution in [0.4, 0.5) is 0 Å². The molecule has 0 atom stereocenters. The molecule has 0 fully saturated rings. The van der Waals surface area contributed by atoms with E-state index in [9.17, 15) is 5.11 Å². The van der Waals surface area contributed by atoms with Gasteiger partial charge in [0, 0.05) is 12.1 Å². The van der Waals surface area contributed by atoms with Gasteiger partial charge in [0.1, 0.15) is 0 Å². The minimum Gasteiger partial charge on any atom is -0.854 e. The Labute approximate surface area is 101 Å². The number of aryl methyl sites for hydroxylation is 1. The van der Waals surface area contributed by atoms with E-state index in [4.69, 9.17) is 0 Å². The molecule has 2 rings (SSSR count). The first kappa shape index (κ1) is 11.3. The Morgan fingerprint density at radius 1 is 1.12 bits per heavy atom. The van der Waals surface area contributed by atoms with Crippen LogP contribution in [0.15, 0.2) is 60.0 Å². The topological polar surface area (TPSA) is 39.3 Å². The summed E-state index contributed by atoms with van der Waals surface area (Å²) < 4.78 is 1.54. The highest BCUT2D eigenvalue weighted by molar-refractivity contribution is 5.89. The van der Waals surface area contributed by atoms with Crippen LogP contribution in [-0.4, -0.2) is 5.90 Å². The van der Waals surface area contributed by atoms with Crippen molar-refractivity contribution in [2.24, 2.45) is 5.10 Å². The highest BCUT2D eigenvalue weighted by Crippen LogP contribution is 1.97. The Morgan fingerprint density at radius 2 is 1.76 bits per heavy atom. The number of benzene rings is 1. The van der Waals surface area contributed by atoms with Crippen LogP contribution in [0.25, 0.3) is 0 Å². The third-order valence-corrected chi connectivity index (χ3v) is 2.52. The average Bonchev–Trinajstić information content (AvgIpc) is 2.40. The van der Waals surface area contributed by atoms with Crippen molar-refractivity contribution in [1.29, 1.82) is 0 Å². The van der Waals surface area contributed by atoms with E-state index in [1.165, 1.54) is 10.2 Å². The second kappa shape index (κ2) is 5.25. The van der Waals surface area contributed by atoms with Crippen molar-refractivity contribution >= 4 is 5.90 Å². The molecule has 0 saturated carbocycles. The number of aromatic nitrogens is 1. The normalized spacial score (nSPS) is 11.5. The Balaban J connectivity index is 2.23. The minimum absolute atomic E-state index is 0.236. The molecular weight excluding hydrogens is 212 g/mol. The van der Waals surface area contributed by atoms with E-state index in [2.05, 4.69) is 12.0 Å². The monoisotopic (exact) mass is 226 g/mol. The number of rotatable bonds is 3. The van der Waals surface area contributed by atoms with Gasteiger partial charge in [-0.3, -0.25) is 0 Å². The fraction of sp³-hybridized carbons (Fsp3) is 0.143. The summed E-state index contributed by atoms with van der Waals surface area (Å²) in [5.74, 6) is -0.236. The lowest BCUT2D eigenvalue weighted by molar-refractivity contribution is -0.681. The van der Waals surface area contributed by atoms with Crippen molar-refractivity contribution in [3.8, 4) is 0 Å². The maximum atomic E-state index is 11.8. The summed E-state index contributed by atoms with van der Waals surface area (Å²) in [5, 5.41) is 15.8. The molecule has 0 aliphatic rings. The van der Waals surface area contributed by atoms with Crippen LogP contribution in [0.5, 0.6) is 0 Å². The summed E-state index contributed by atoms with van der Waals surface area (Å²) in [6.07, 6.45) is 4.56. The van der Waals surface area contributed by atoms with Crippen molar-refractivity contribution in [2.75, 3.05) is 0 Å². The predicted molar refractivity (Wildman–Crippen MR) is 64.4 cm³/mol. The Morgan fingerprint density at radius 3 is 2.35 bits per heavy atom. The standard InChI is InChI=1S/C14H14N2O/c1-2-12-8-10-16(11-9-12)15-14(17)13-6-4-3-5-7-13/h3-11H,2H2,1H3. The highest BCUT2D eigenvalue weighted by atomic mass is 16.3. The van der Waals surface area contributed by atoms with E-state index >= 15 is 0 Å². The quantitative estimate of drug-likeness (QED) is 0.439. The third-order valence-electron chi connectivity index (χ3n) is 2.52. The molecular formula is C14H14N2O. The summed E-state index contributed by atoms with van der Waals surface area (Å²) in [4.78, 5) is 0. The van der Waals surface area contributed by atoms with Crippen molar-refractivity contribution in [1.82, 2.24) is 0 Å². The van der Waals surface area contributed by atoms with E-state index in [1.807, 2.05) is 30.3 Å². The molecule has 0 amide bonds. The molecule has 1 aromatic heterocycles. The van der Waals surface area contributed by atoms with Crippen LogP contribution < -0.4 is 9.78 Å². The van der Waals surface area contributed by atoms with Gasteiger partial charge in [0.15, 0.2) is 0 Å². The van der Waals surface area contributed by atoms with Crippen LogP contribution >= 0.6 is 0 Å². The molecule has 0 bridgehead atoms. The molecule has 1 heterocycles. The van der Waals surface area contributed by atoms with Gasteiger partial charge in [-0.2, -0.15) is 0 Å². The largest absolute Gasteiger partial charge is 0.854 e. The van der Waals surface area contributed by atoms with E-state index in [0.29, 0.717) is 5.56 Å². The third kappa shape index (κ3) is 2.91. The summed E-state index contributed by atoms with van der Waals surface area (Å²) in [5.41, 5.74) is 1.82. The van der Waals surface area contributed by atoms with Crippen LogP contribution in [0.1, 0.15) is 18.1 Å². The van der Waals surface area contributed by atoms with E-state index in [1.54, 1.807) is 24.5 Å². The SMILES string of the molecule is CCc1cc[n+](/N=C(\[O-])c2ccccc2)cc1. The van der Waals surface area contributed by atoms with Crippen LogP contribution in [0, 0.1) is 0 Å². The van der Waals surface area contributed by atoms with E-state index < -0.39 is 0 Å². The lowest BCUT2D eigenvalue weighted by Gasteiger charge is -2.05. The van der Waals surface area contributed by atoms with Crippen molar-refractivity contribution < 1.29 is 9.78 Å². The van der Waals surface area contributed by atoms with Crippen molar-refractivity contribution in [3.63, 3.8) is 0 Å². The lowest BCUT2D eigenvalue weighted by atomic mass is 10.2. The van der Waals surface area contributed by atoms with Gasteiger partial charge < -0.3 is 5.11 Å². The Hall–Kier alpha value is -2.16. The zero-order valence-electron chi connectivity index (χ0n) is 9.71. The van der Waals surface area contributed by atoms with Gasteiger partial charge in [-0.05, 0) is 22.6 Å². The summed E-state index contributed by atoms with van der Waals surface area (Å²) >= 11 is 0. The average molecular weight is 226 g/mol. The second-order valence-electron chi connectivity index (χ2n) is 3.71. The minimum atomic E-state index is -0.236. The number of nitrogens with zero attached hydrogens (tertiary/aromatic N) is 2. The molecule has 0 unspecified atom stereocenters. The first-order valence-electron chi connectivity index (χ1n) is 5.61. The molecule has 86 valence electrons. The molecule has 3 heteroatoms. The highest BCUT2D eigenvalue weighted by Gasteiger charge is 1.99. The van der Waals surface area contributed by atoms with Gasteiger partial charge in [-0.25, -0.2) is 0 Å². The summed E-state index contributed by atoms with van der Waals surface area (Å²) in [7, 11) is 0. The number of hydrogen-bond donors (Lipinski definition) is 0. The first-order valence-corrected chi connectivity index (χ1v) is 5.61. The van der Waals surface area contributed by atoms with E-state index in [0.717, 1.165) is 6.42 Å². The molecule has 0 saturated heterocycles. The molecule has 0 spiro atoms. The van der Waals surface area contributed by atoms with Crippen molar-refractivity contribution in [2.45, 2.75) is 13.3 Å². The van der Waals surface area contributed by atoms with Crippen LogP contribution in [0.3, 0.4) is 0 Å². The molecule has 0 aliphatic carbocycles. The van der Waals surface area contributed by atoms with E-state index in [-0.39, 0.29) is 5.90 Å². The number of hydrogen-bond acceptors (Lipinski definition) is 2. The zero-order valence-corrected chi connectivity index (χ0v) is 9.71. The molecule has 17 heavy (non-hydrogen) atoms. The molecule has 0 radical (unpaired) electrons. The van der Waals surface area contributed by atoms with Gasteiger partial charge >= 0.3 is 0 Å². The van der Waals surface area contributed by atoms with Gasteiger partial charge in [0.2, 0.25) is 12.4 Å². The summed E-state index contributed by atoms with van der Waals surface area (Å²) in [6.45, 7) is 2.09. The molecule has 0 aliphatic heterocycles. The smallest absolute Gasteiger partial charge is 0.202 e. The molecule has 2 aromatic rings. The Kier molecular flexibility index (Phi) is 3.50. The second-order valence-corrected chi connectivity index (χ2v) is 3.71. The van der Waals surface area contributed by atoms with Gasteiger partial charge in [0.05, 0.1) is 5.90 Å². The van der Waals surface area contributed by atoms with Crippen LogP contribution in [0.2, 0.25) is 0 Å². The summed E-state index contributed by atoms with van der Waals surface area (Å²) in [6, 6.07) is 13.0.